The first kappa shape index (κ1) is 22.1. The number of benzene rings is 2. The summed E-state index contributed by atoms with van der Waals surface area (Å²) < 4.78 is 14.9. The zero-order valence-electron chi connectivity index (χ0n) is 17.3. The fourth-order valence-corrected chi connectivity index (χ4v) is 5.30. The summed E-state index contributed by atoms with van der Waals surface area (Å²) in [6.45, 7) is 2.35. The molecule has 4 rings (SSSR count). The highest BCUT2D eigenvalue weighted by Gasteiger charge is 2.43. The number of nitrogens with zero attached hydrogens (tertiary/aromatic N) is 1. The number of carbonyl (C=O) groups excluding carboxylic acids is 2. The van der Waals surface area contributed by atoms with Crippen molar-refractivity contribution in [1.29, 1.82) is 0 Å². The largest absolute Gasteiger partial charge is 0.348 e. The number of rotatable bonds is 5. The van der Waals surface area contributed by atoms with Crippen molar-refractivity contribution in [2.24, 2.45) is 11.3 Å². The Morgan fingerprint density at radius 2 is 1.84 bits per heavy atom. The van der Waals surface area contributed by atoms with Gasteiger partial charge in [-0.3, -0.25) is 9.59 Å². The maximum absolute atomic E-state index is 14.9. The minimum Gasteiger partial charge on any atom is -0.348 e. The molecule has 2 atom stereocenters. The summed E-state index contributed by atoms with van der Waals surface area (Å²) in [4.78, 5) is 27.5. The van der Waals surface area contributed by atoms with Gasteiger partial charge in [-0.2, -0.15) is 0 Å². The second-order valence-corrected chi connectivity index (χ2v) is 9.59. The first-order chi connectivity index (χ1) is 14.8. The molecule has 1 aliphatic carbocycles. The van der Waals surface area contributed by atoms with E-state index in [1.807, 2.05) is 30.3 Å². The summed E-state index contributed by atoms with van der Waals surface area (Å²) in [6, 6.07) is 11.4. The highest BCUT2D eigenvalue weighted by Crippen LogP contribution is 2.50. The maximum Gasteiger partial charge on any atom is 0.227 e. The van der Waals surface area contributed by atoms with Gasteiger partial charge < -0.3 is 10.2 Å². The zero-order chi connectivity index (χ0) is 22.2. The molecule has 0 radical (unpaired) electrons. The van der Waals surface area contributed by atoms with Crippen LogP contribution in [0.15, 0.2) is 42.5 Å². The molecule has 1 heterocycles. The van der Waals surface area contributed by atoms with E-state index in [1.54, 1.807) is 4.90 Å². The zero-order valence-corrected chi connectivity index (χ0v) is 18.8. The lowest BCUT2D eigenvalue weighted by molar-refractivity contribution is -0.127. The number of hydrogen-bond acceptors (Lipinski definition) is 2. The molecule has 164 valence electrons. The predicted octanol–water partition coefficient (Wildman–Crippen LogP) is 5.92. The standard InChI is InChI=1S/C24H25Cl2FN2O2/c1-24(11-5-6-12-24)22(20-18(27)10-9-17(25)21(20)26)28-23(31)15-13-19(30)29(14-15)16-7-3-2-4-8-16/h2-4,7-10,15,22H,5-6,11-14H2,1H3,(H,28,31)/t15-,22?/m0/s1. The number of para-hydroxylation sites is 1. The monoisotopic (exact) mass is 462 g/mol. The Morgan fingerprint density at radius 3 is 2.52 bits per heavy atom. The van der Waals surface area contributed by atoms with E-state index in [4.69, 9.17) is 23.2 Å². The van der Waals surface area contributed by atoms with Crippen LogP contribution < -0.4 is 10.2 Å². The van der Waals surface area contributed by atoms with Crippen LogP contribution in [-0.4, -0.2) is 18.4 Å². The van der Waals surface area contributed by atoms with Crippen LogP contribution >= 0.6 is 23.2 Å². The molecule has 4 nitrogen and oxygen atoms in total. The number of anilines is 1. The van der Waals surface area contributed by atoms with Crippen molar-refractivity contribution >= 4 is 40.7 Å². The average molecular weight is 463 g/mol. The Bertz CT molecular complexity index is 993. The number of carbonyl (C=O) groups is 2. The van der Waals surface area contributed by atoms with Gasteiger partial charge in [0.15, 0.2) is 0 Å². The second kappa shape index (κ2) is 8.79. The third kappa shape index (κ3) is 4.31. The van der Waals surface area contributed by atoms with Crippen LogP contribution in [-0.2, 0) is 9.59 Å². The highest BCUT2D eigenvalue weighted by molar-refractivity contribution is 6.42. The van der Waals surface area contributed by atoms with Gasteiger partial charge in [0.1, 0.15) is 5.82 Å². The van der Waals surface area contributed by atoms with Gasteiger partial charge in [-0.15, -0.1) is 0 Å². The topological polar surface area (TPSA) is 49.4 Å². The molecule has 1 N–H and O–H groups in total. The molecule has 1 aliphatic heterocycles. The van der Waals surface area contributed by atoms with Crippen molar-refractivity contribution in [3.8, 4) is 0 Å². The molecule has 7 heteroatoms. The van der Waals surface area contributed by atoms with Gasteiger partial charge in [-0.1, -0.05) is 61.2 Å². The summed E-state index contributed by atoms with van der Waals surface area (Å²) in [7, 11) is 0. The molecule has 1 saturated heterocycles. The Hall–Kier alpha value is -2.11. The third-order valence-corrected chi connectivity index (χ3v) is 7.48. The smallest absolute Gasteiger partial charge is 0.227 e. The highest BCUT2D eigenvalue weighted by atomic mass is 35.5. The van der Waals surface area contributed by atoms with Crippen LogP contribution in [0.5, 0.6) is 0 Å². The quantitative estimate of drug-likeness (QED) is 0.560. The van der Waals surface area contributed by atoms with Crippen LogP contribution in [0, 0.1) is 17.2 Å². The van der Waals surface area contributed by atoms with Gasteiger partial charge in [0.05, 0.1) is 22.0 Å². The summed E-state index contributed by atoms with van der Waals surface area (Å²) in [5.74, 6) is -1.36. The average Bonchev–Trinajstić information content (AvgIpc) is 3.37. The summed E-state index contributed by atoms with van der Waals surface area (Å²) >= 11 is 12.6. The number of hydrogen-bond donors (Lipinski definition) is 1. The Kier molecular flexibility index (Phi) is 6.27. The molecule has 31 heavy (non-hydrogen) atoms. The van der Waals surface area contributed by atoms with Gasteiger partial charge in [-0.05, 0) is 42.5 Å². The molecule has 2 amide bonds. The first-order valence-corrected chi connectivity index (χ1v) is 11.3. The van der Waals surface area contributed by atoms with Crippen molar-refractivity contribution in [2.75, 3.05) is 11.4 Å². The van der Waals surface area contributed by atoms with Gasteiger partial charge >= 0.3 is 0 Å². The van der Waals surface area contributed by atoms with Crippen molar-refractivity contribution in [2.45, 2.75) is 45.1 Å². The van der Waals surface area contributed by atoms with E-state index in [9.17, 15) is 14.0 Å². The van der Waals surface area contributed by atoms with Crippen molar-refractivity contribution in [3.05, 3.63) is 63.9 Å². The summed E-state index contributed by atoms with van der Waals surface area (Å²) in [5, 5.41) is 3.45. The fourth-order valence-electron chi connectivity index (χ4n) is 4.87. The third-order valence-electron chi connectivity index (χ3n) is 6.66. The van der Waals surface area contributed by atoms with Crippen LogP contribution in [0.2, 0.25) is 10.0 Å². The summed E-state index contributed by atoms with van der Waals surface area (Å²) in [5.41, 5.74) is 0.661. The predicted molar refractivity (Wildman–Crippen MR) is 121 cm³/mol. The molecule has 0 spiro atoms. The fraction of sp³-hybridized carbons (Fsp3) is 0.417. The van der Waals surface area contributed by atoms with Crippen molar-refractivity contribution in [1.82, 2.24) is 5.32 Å². The molecule has 2 aromatic carbocycles. The molecule has 1 unspecified atom stereocenters. The van der Waals surface area contributed by atoms with E-state index in [0.717, 1.165) is 31.4 Å². The lowest BCUT2D eigenvalue weighted by Crippen LogP contribution is -2.42. The van der Waals surface area contributed by atoms with Crippen molar-refractivity contribution in [3.63, 3.8) is 0 Å². The molecule has 2 aromatic rings. The summed E-state index contributed by atoms with van der Waals surface area (Å²) in [6.07, 6.45) is 3.83. The van der Waals surface area contributed by atoms with E-state index in [2.05, 4.69) is 12.2 Å². The van der Waals surface area contributed by atoms with E-state index in [-0.39, 0.29) is 39.3 Å². The molecule has 2 aliphatic rings. The van der Waals surface area contributed by atoms with Gasteiger partial charge in [0, 0.05) is 24.2 Å². The van der Waals surface area contributed by atoms with E-state index in [0.29, 0.717) is 6.54 Å². The molecular formula is C24H25Cl2FN2O2. The Morgan fingerprint density at radius 1 is 1.16 bits per heavy atom. The van der Waals surface area contributed by atoms with Crippen LogP contribution in [0.1, 0.15) is 50.6 Å². The van der Waals surface area contributed by atoms with Crippen LogP contribution in [0.3, 0.4) is 0 Å². The number of halogens is 3. The van der Waals surface area contributed by atoms with E-state index >= 15 is 0 Å². The Balaban J connectivity index is 1.60. The van der Waals surface area contributed by atoms with Crippen molar-refractivity contribution < 1.29 is 14.0 Å². The molecule has 1 saturated carbocycles. The molecular weight excluding hydrogens is 438 g/mol. The van der Waals surface area contributed by atoms with Gasteiger partial charge in [0.25, 0.3) is 0 Å². The second-order valence-electron chi connectivity index (χ2n) is 8.80. The SMILES string of the molecule is CC1(C(NC(=O)[C@H]2CC(=O)N(c3ccccc3)C2)c2c(F)ccc(Cl)c2Cl)CCCC1. The normalized spacial score (nSPS) is 21.4. The van der Waals surface area contributed by atoms with Gasteiger partial charge in [-0.25, -0.2) is 4.39 Å². The minimum atomic E-state index is -0.616. The van der Waals surface area contributed by atoms with E-state index < -0.39 is 17.8 Å². The van der Waals surface area contributed by atoms with Crippen LogP contribution in [0.4, 0.5) is 10.1 Å². The lowest BCUT2D eigenvalue weighted by Gasteiger charge is -2.36. The first-order valence-electron chi connectivity index (χ1n) is 10.6. The maximum atomic E-state index is 14.9. The number of nitrogens with one attached hydrogen (secondary N) is 1. The van der Waals surface area contributed by atoms with Crippen LogP contribution in [0.25, 0.3) is 0 Å². The number of amides is 2. The Labute approximate surface area is 191 Å². The lowest BCUT2D eigenvalue weighted by atomic mass is 9.76. The molecule has 0 aromatic heterocycles. The molecule has 0 bridgehead atoms. The van der Waals surface area contributed by atoms with E-state index in [1.165, 1.54) is 12.1 Å². The van der Waals surface area contributed by atoms with Gasteiger partial charge in [0.2, 0.25) is 11.8 Å². The minimum absolute atomic E-state index is 0.0954. The molecule has 2 fully saturated rings.